The van der Waals surface area contributed by atoms with Gasteiger partial charge in [-0.25, -0.2) is 4.79 Å². The lowest BCUT2D eigenvalue weighted by Gasteiger charge is -2.02. The molecule has 0 amide bonds. The fourth-order valence-corrected chi connectivity index (χ4v) is 0.853. The molecule has 62 valence electrons. The number of allylic oxidation sites excluding steroid dienone is 5. The van der Waals surface area contributed by atoms with E-state index in [2.05, 4.69) is 0 Å². The van der Waals surface area contributed by atoms with Crippen LogP contribution in [0.1, 0.15) is 0 Å². The third kappa shape index (κ3) is 2.54. The van der Waals surface area contributed by atoms with Crippen molar-refractivity contribution in [2.75, 3.05) is 0 Å². The zero-order valence-corrected chi connectivity index (χ0v) is 6.31. The second kappa shape index (κ2) is 3.67. The maximum atomic E-state index is 10.6. The minimum absolute atomic E-state index is 0.0602. The molecule has 0 aromatic rings. The molecule has 12 heavy (non-hydrogen) atoms. The van der Waals surface area contributed by atoms with Crippen molar-refractivity contribution in [2.45, 2.75) is 0 Å². The molecule has 0 fully saturated rings. The van der Waals surface area contributed by atoms with Crippen LogP contribution in [-0.2, 0) is 9.59 Å². The Morgan fingerprint density at radius 2 is 2.00 bits per heavy atom. The molecule has 0 heterocycles. The van der Waals surface area contributed by atoms with Crippen LogP contribution in [0.5, 0.6) is 0 Å². The number of hydrogen-bond acceptors (Lipinski definition) is 2. The summed E-state index contributed by atoms with van der Waals surface area (Å²) in [5.74, 6) is -1.11. The first-order valence-corrected chi connectivity index (χ1v) is 3.50. The van der Waals surface area contributed by atoms with Gasteiger partial charge in [0.1, 0.15) is 0 Å². The lowest BCUT2D eigenvalue weighted by atomic mass is 10.0. The van der Waals surface area contributed by atoms with Gasteiger partial charge in [-0.15, -0.1) is 0 Å². The first-order valence-electron chi connectivity index (χ1n) is 3.50. The monoisotopic (exact) mass is 164 g/mol. The van der Waals surface area contributed by atoms with Gasteiger partial charge >= 0.3 is 5.97 Å². The molecule has 3 heteroatoms. The van der Waals surface area contributed by atoms with Crippen LogP contribution >= 0.6 is 0 Å². The van der Waals surface area contributed by atoms with Gasteiger partial charge in [0.25, 0.3) is 0 Å². The molecule has 0 spiro atoms. The van der Waals surface area contributed by atoms with Crippen molar-refractivity contribution in [3.05, 3.63) is 36.5 Å². The standard InChI is InChI=1S/C9H8O3/c10-8-4-1-7(2-5-8)3-6-9(11)12/h1-7H,(H,11,12)/b6-3+. The van der Waals surface area contributed by atoms with E-state index >= 15 is 0 Å². The number of carboxylic acids is 1. The summed E-state index contributed by atoms with van der Waals surface area (Å²) >= 11 is 0. The SMILES string of the molecule is O=C1C=CC(/C=C/C(=O)O)C=C1. The molecule has 1 aliphatic carbocycles. The second-order valence-corrected chi connectivity index (χ2v) is 2.40. The summed E-state index contributed by atoms with van der Waals surface area (Å²) in [6.07, 6.45) is 8.74. The van der Waals surface area contributed by atoms with Crippen LogP contribution < -0.4 is 0 Å². The molecule has 0 saturated heterocycles. The third-order valence-corrected chi connectivity index (χ3v) is 1.43. The maximum Gasteiger partial charge on any atom is 0.328 e. The summed E-state index contributed by atoms with van der Waals surface area (Å²) in [5.41, 5.74) is 0. The van der Waals surface area contributed by atoms with Crippen LogP contribution in [0.4, 0.5) is 0 Å². The van der Waals surface area contributed by atoms with Gasteiger partial charge in [0, 0.05) is 12.0 Å². The highest BCUT2D eigenvalue weighted by Gasteiger charge is 2.02. The van der Waals surface area contributed by atoms with Crippen molar-refractivity contribution in [3.8, 4) is 0 Å². The van der Waals surface area contributed by atoms with Crippen molar-refractivity contribution in [3.63, 3.8) is 0 Å². The number of hydrogen-bond donors (Lipinski definition) is 1. The van der Waals surface area contributed by atoms with Crippen LogP contribution in [0.2, 0.25) is 0 Å². The Morgan fingerprint density at radius 1 is 1.42 bits per heavy atom. The number of carbonyl (C=O) groups is 2. The Labute approximate surface area is 69.7 Å². The third-order valence-electron chi connectivity index (χ3n) is 1.43. The van der Waals surface area contributed by atoms with Crippen LogP contribution in [0.3, 0.4) is 0 Å². The van der Waals surface area contributed by atoms with E-state index in [-0.39, 0.29) is 11.7 Å². The predicted octanol–water partition coefficient (Wildman–Crippen LogP) is 0.938. The number of rotatable bonds is 2. The first kappa shape index (κ1) is 8.46. The van der Waals surface area contributed by atoms with Gasteiger partial charge in [0.05, 0.1) is 0 Å². The summed E-state index contributed by atoms with van der Waals surface area (Å²) in [4.78, 5) is 20.7. The topological polar surface area (TPSA) is 54.4 Å². The molecule has 0 aliphatic heterocycles. The minimum Gasteiger partial charge on any atom is -0.478 e. The Morgan fingerprint density at radius 3 is 2.50 bits per heavy atom. The quantitative estimate of drug-likeness (QED) is 0.618. The Hall–Kier alpha value is -1.64. The molecule has 0 aromatic carbocycles. The lowest BCUT2D eigenvalue weighted by molar-refractivity contribution is -0.131. The number of carboxylic acid groups (broad SMARTS) is 1. The summed E-state index contributed by atoms with van der Waals surface area (Å²) in [6, 6.07) is 0. The zero-order valence-electron chi connectivity index (χ0n) is 6.31. The van der Waals surface area contributed by atoms with E-state index in [4.69, 9.17) is 5.11 Å². The van der Waals surface area contributed by atoms with Crippen LogP contribution in [0.25, 0.3) is 0 Å². The predicted molar refractivity (Wildman–Crippen MR) is 43.6 cm³/mol. The molecular weight excluding hydrogens is 156 g/mol. The average molecular weight is 164 g/mol. The van der Waals surface area contributed by atoms with Gasteiger partial charge in [-0.05, 0) is 12.2 Å². The number of aliphatic carboxylic acids is 1. The van der Waals surface area contributed by atoms with E-state index in [9.17, 15) is 9.59 Å². The van der Waals surface area contributed by atoms with Gasteiger partial charge in [-0.2, -0.15) is 0 Å². The molecule has 1 N–H and O–H groups in total. The van der Waals surface area contributed by atoms with Gasteiger partial charge in [-0.1, -0.05) is 18.2 Å². The van der Waals surface area contributed by atoms with Crippen molar-refractivity contribution >= 4 is 11.8 Å². The molecule has 0 radical (unpaired) electrons. The zero-order chi connectivity index (χ0) is 8.97. The second-order valence-electron chi connectivity index (χ2n) is 2.40. The van der Waals surface area contributed by atoms with E-state index in [1.165, 1.54) is 18.2 Å². The number of ketones is 1. The Kier molecular flexibility index (Phi) is 2.58. The molecule has 0 aromatic heterocycles. The van der Waals surface area contributed by atoms with Gasteiger partial charge < -0.3 is 5.11 Å². The normalized spacial score (nSPS) is 17.5. The van der Waals surface area contributed by atoms with Gasteiger partial charge in [-0.3, -0.25) is 4.79 Å². The first-order chi connectivity index (χ1) is 5.68. The van der Waals surface area contributed by atoms with E-state index in [1.807, 2.05) is 0 Å². The van der Waals surface area contributed by atoms with Crippen molar-refractivity contribution in [2.24, 2.45) is 5.92 Å². The van der Waals surface area contributed by atoms with Crippen LogP contribution in [-0.4, -0.2) is 16.9 Å². The average Bonchev–Trinajstić information content (AvgIpc) is 2.03. The van der Waals surface area contributed by atoms with E-state index in [1.54, 1.807) is 12.2 Å². The molecule has 0 bridgehead atoms. The maximum absolute atomic E-state index is 10.6. The largest absolute Gasteiger partial charge is 0.478 e. The van der Waals surface area contributed by atoms with Crippen molar-refractivity contribution < 1.29 is 14.7 Å². The molecule has 0 saturated carbocycles. The number of carbonyl (C=O) groups excluding carboxylic acids is 1. The molecule has 1 rings (SSSR count). The van der Waals surface area contributed by atoms with Gasteiger partial charge in [0.2, 0.25) is 0 Å². The van der Waals surface area contributed by atoms with Crippen molar-refractivity contribution in [1.82, 2.24) is 0 Å². The highest BCUT2D eigenvalue weighted by Crippen LogP contribution is 2.08. The highest BCUT2D eigenvalue weighted by atomic mass is 16.4. The smallest absolute Gasteiger partial charge is 0.328 e. The summed E-state index contributed by atoms with van der Waals surface area (Å²) in [6.45, 7) is 0. The Bertz CT molecular complexity index is 268. The summed E-state index contributed by atoms with van der Waals surface area (Å²) in [5, 5.41) is 8.29. The summed E-state index contributed by atoms with van der Waals surface area (Å²) < 4.78 is 0. The molecular formula is C9H8O3. The van der Waals surface area contributed by atoms with Crippen LogP contribution in [0.15, 0.2) is 36.5 Å². The lowest BCUT2D eigenvalue weighted by Crippen LogP contribution is -1.98. The van der Waals surface area contributed by atoms with E-state index in [0.29, 0.717) is 0 Å². The summed E-state index contributed by atoms with van der Waals surface area (Å²) in [7, 11) is 0. The Balaban J connectivity index is 2.57. The minimum atomic E-state index is -0.978. The fraction of sp³-hybridized carbons (Fsp3) is 0.111. The van der Waals surface area contributed by atoms with Crippen molar-refractivity contribution in [1.29, 1.82) is 0 Å². The van der Waals surface area contributed by atoms with E-state index in [0.717, 1.165) is 6.08 Å². The van der Waals surface area contributed by atoms with E-state index < -0.39 is 5.97 Å². The van der Waals surface area contributed by atoms with Crippen LogP contribution in [0, 0.1) is 5.92 Å². The molecule has 3 nitrogen and oxygen atoms in total. The highest BCUT2D eigenvalue weighted by molar-refractivity contribution is 6.00. The fourth-order valence-electron chi connectivity index (χ4n) is 0.853. The molecule has 0 atom stereocenters. The molecule has 0 unspecified atom stereocenters. The molecule has 1 aliphatic rings. The van der Waals surface area contributed by atoms with Gasteiger partial charge in [0.15, 0.2) is 5.78 Å².